The van der Waals surface area contributed by atoms with E-state index in [1.165, 1.54) is 0 Å². The van der Waals surface area contributed by atoms with Crippen LogP contribution in [0.1, 0.15) is 11.1 Å². The van der Waals surface area contributed by atoms with Crippen LogP contribution in [0.5, 0.6) is 0 Å². The van der Waals surface area contributed by atoms with Crippen molar-refractivity contribution >= 4 is 21.9 Å². The molecule has 0 atom stereocenters. The molecule has 2 heterocycles. The maximum Gasteiger partial charge on any atom is 0.327 e. The summed E-state index contributed by atoms with van der Waals surface area (Å²) in [6.07, 6.45) is 0. The molecule has 86 valence electrons. The second-order valence-corrected chi connectivity index (χ2v) is 4.21. The zero-order valence-electron chi connectivity index (χ0n) is 9.47. The van der Waals surface area contributed by atoms with Gasteiger partial charge in [0, 0.05) is 10.9 Å². The Kier molecular flexibility index (Phi) is 1.80. The molecule has 5 nitrogen and oxygen atoms in total. The summed E-state index contributed by atoms with van der Waals surface area (Å²) in [5.74, 6) is 0. The minimum absolute atomic E-state index is 0.358. The number of H-pyrrole nitrogens is 3. The fourth-order valence-electron chi connectivity index (χ4n) is 2.20. The van der Waals surface area contributed by atoms with Gasteiger partial charge in [-0.05, 0) is 31.0 Å². The predicted octanol–water partition coefficient (Wildman–Crippen LogP) is 1.31. The second-order valence-electron chi connectivity index (χ2n) is 4.21. The molecule has 3 rings (SSSR count). The monoisotopic (exact) mass is 229 g/mol. The molecule has 0 aliphatic rings. The van der Waals surface area contributed by atoms with E-state index in [4.69, 9.17) is 0 Å². The van der Waals surface area contributed by atoms with Gasteiger partial charge in [0.2, 0.25) is 0 Å². The van der Waals surface area contributed by atoms with Crippen molar-refractivity contribution in [1.29, 1.82) is 0 Å². The van der Waals surface area contributed by atoms with Crippen molar-refractivity contribution in [3.8, 4) is 0 Å². The third kappa shape index (κ3) is 1.25. The van der Waals surface area contributed by atoms with E-state index in [2.05, 4.69) is 15.0 Å². The lowest BCUT2D eigenvalue weighted by Gasteiger charge is -2.00. The van der Waals surface area contributed by atoms with Crippen LogP contribution in [-0.2, 0) is 0 Å². The maximum atomic E-state index is 11.8. The van der Waals surface area contributed by atoms with E-state index in [1.807, 2.05) is 26.0 Å². The van der Waals surface area contributed by atoms with Crippen molar-refractivity contribution < 1.29 is 0 Å². The highest BCUT2D eigenvalue weighted by Crippen LogP contribution is 2.25. The molecule has 1 aromatic carbocycles. The van der Waals surface area contributed by atoms with Crippen molar-refractivity contribution in [2.24, 2.45) is 0 Å². The number of hydrogen-bond acceptors (Lipinski definition) is 2. The number of aryl methyl sites for hydroxylation is 2. The summed E-state index contributed by atoms with van der Waals surface area (Å²) in [4.78, 5) is 30.9. The summed E-state index contributed by atoms with van der Waals surface area (Å²) in [7, 11) is 0. The molecule has 0 unspecified atom stereocenters. The molecule has 0 spiro atoms. The Bertz CT molecular complexity index is 852. The Hall–Kier alpha value is -2.30. The summed E-state index contributed by atoms with van der Waals surface area (Å²) in [6.45, 7) is 3.96. The molecule has 5 heteroatoms. The van der Waals surface area contributed by atoms with E-state index < -0.39 is 5.69 Å². The van der Waals surface area contributed by atoms with Crippen LogP contribution < -0.4 is 11.2 Å². The Morgan fingerprint density at radius 2 is 1.71 bits per heavy atom. The summed E-state index contributed by atoms with van der Waals surface area (Å²) in [6, 6.07) is 3.90. The van der Waals surface area contributed by atoms with Crippen LogP contribution in [0.25, 0.3) is 21.9 Å². The van der Waals surface area contributed by atoms with Crippen LogP contribution in [-0.4, -0.2) is 15.0 Å². The van der Waals surface area contributed by atoms with Crippen LogP contribution in [0.3, 0.4) is 0 Å². The molecular weight excluding hydrogens is 218 g/mol. The van der Waals surface area contributed by atoms with Crippen LogP contribution in [0, 0.1) is 13.8 Å². The predicted molar refractivity (Wildman–Crippen MR) is 66.5 cm³/mol. The highest BCUT2D eigenvalue weighted by Gasteiger charge is 2.12. The first-order valence-corrected chi connectivity index (χ1v) is 5.32. The van der Waals surface area contributed by atoms with E-state index in [9.17, 15) is 9.59 Å². The Labute approximate surface area is 95.5 Å². The van der Waals surface area contributed by atoms with E-state index in [0.29, 0.717) is 11.0 Å². The fraction of sp³-hybridized carbons (Fsp3) is 0.167. The topological polar surface area (TPSA) is 81.5 Å². The van der Waals surface area contributed by atoms with E-state index in [0.717, 1.165) is 22.0 Å². The molecule has 0 amide bonds. The van der Waals surface area contributed by atoms with Crippen LogP contribution >= 0.6 is 0 Å². The summed E-state index contributed by atoms with van der Waals surface area (Å²) >= 11 is 0. The van der Waals surface area contributed by atoms with Crippen molar-refractivity contribution in [3.05, 3.63) is 44.1 Å². The van der Waals surface area contributed by atoms with Crippen molar-refractivity contribution in [2.75, 3.05) is 0 Å². The zero-order chi connectivity index (χ0) is 12.2. The van der Waals surface area contributed by atoms with Gasteiger partial charge in [-0.15, -0.1) is 0 Å². The average Bonchev–Trinajstić information content (AvgIpc) is 2.62. The van der Waals surface area contributed by atoms with Gasteiger partial charge in [-0.3, -0.25) is 14.8 Å². The molecule has 0 bridgehead atoms. The fourth-order valence-corrected chi connectivity index (χ4v) is 2.20. The number of aromatic amines is 3. The van der Waals surface area contributed by atoms with Gasteiger partial charge in [0.25, 0.3) is 5.56 Å². The largest absolute Gasteiger partial charge is 0.340 e. The lowest BCUT2D eigenvalue weighted by atomic mass is 10.0. The molecule has 0 radical (unpaired) electrons. The van der Waals surface area contributed by atoms with Crippen LogP contribution in [0.15, 0.2) is 21.7 Å². The third-order valence-electron chi connectivity index (χ3n) is 3.19. The molecule has 17 heavy (non-hydrogen) atoms. The van der Waals surface area contributed by atoms with Crippen molar-refractivity contribution in [1.82, 2.24) is 15.0 Å². The van der Waals surface area contributed by atoms with E-state index >= 15 is 0 Å². The molecule has 0 saturated heterocycles. The number of hydrogen-bond donors (Lipinski definition) is 3. The number of benzene rings is 1. The minimum atomic E-state index is -0.497. The number of aromatic nitrogens is 3. The molecule has 3 aromatic rings. The van der Waals surface area contributed by atoms with Gasteiger partial charge in [-0.1, -0.05) is 6.07 Å². The first-order chi connectivity index (χ1) is 8.08. The van der Waals surface area contributed by atoms with Crippen molar-refractivity contribution in [3.63, 3.8) is 0 Å². The first-order valence-electron chi connectivity index (χ1n) is 5.32. The van der Waals surface area contributed by atoms with Gasteiger partial charge < -0.3 is 4.98 Å². The molecule has 2 aromatic heterocycles. The van der Waals surface area contributed by atoms with Gasteiger partial charge in [0.15, 0.2) is 0 Å². The first kappa shape index (κ1) is 9.89. The SMILES string of the molecule is Cc1ccc2[nH]c3[nH]c(=O)[nH]c(=O)c3c2c1C. The molecular formula is C12H11N3O2. The lowest BCUT2D eigenvalue weighted by molar-refractivity contribution is 1.07. The highest BCUT2D eigenvalue weighted by atomic mass is 16.2. The van der Waals surface area contributed by atoms with Gasteiger partial charge in [-0.2, -0.15) is 0 Å². The summed E-state index contributed by atoms with van der Waals surface area (Å²) in [5, 5.41) is 1.39. The number of rotatable bonds is 0. The van der Waals surface area contributed by atoms with Gasteiger partial charge >= 0.3 is 5.69 Å². The highest BCUT2D eigenvalue weighted by molar-refractivity contribution is 6.07. The minimum Gasteiger partial charge on any atom is -0.340 e. The van der Waals surface area contributed by atoms with Crippen LogP contribution in [0.4, 0.5) is 0 Å². The summed E-state index contributed by atoms with van der Waals surface area (Å²) < 4.78 is 0. The Morgan fingerprint density at radius 1 is 0.941 bits per heavy atom. The molecule has 0 saturated carbocycles. The average molecular weight is 229 g/mol. The number of fused-ring (bicyclic) bond motifs is 3. The van der Waals surface area contributed by atoms with Gasteiger partial charge in [-0.25, -0.2) is 4.79 Å². The molecule has 0 fully saturated rings. The smallest absolute Gasteiger partial charge is 0.327 e. The Balaban J connectivity index is 2.72. The van der Waals surface area contributed by atoms with Gasteiger partial charge in [0.05, 0.1) is 5.39 Å². The maximum absolute atomic E-state index is 11.8. The second kappa shape index (κ2) is 3.10. The Morgan fingerprint density at radius 3 is 2.47 bits per heavy atom. The normalized spacial score (nSPS) is 11.4. The van der Waals surface area contributed by atoms with Gasteiger partial charge in [0.1, 0.15) is 5.65 Å². The zero-order valence-corrected chi connectivity index (χ0v) is 9.47. The molecule has 3 N–H and O–H groups in total. The van der Waals surface area contributed by atoms with E-state index in [-0.39, 0.29) is 5.56 Å². The third-order valence-corrected chi connectivity index (χ3v) is 3.19. The summed E-state index contributed by atoms with van der Waals surface area (Å²) in [5.41, 5.74) is 2.64. The van der Waals surface area contributed by atoms with Crippen molar-refractivity contribution in [2.45, 2.75) is 13.8 Å². The number of nitrogens with one attached hydrogen (secondary N) is 3. The molecule has 0 aliphatic heterocycles. The lowest BCUT2D eigenvalue weighted by Crippen LogP contribution is -2.21. The quantitative estimate of drug-likeness (QED) is 0.543. The van der Waals surface area contributed by atoms with Crippen LogP contribution in [0.2, 0.25) is 0 Å². The van der Waals surface area contributed by atoms with E-state index in [1.54, 1.807) is 0 Å². The molecule has 0 aliphatic carbocycles. The standard InChI is InChI=1S/C12H11N3O2/c1-5-3-4-7-8(6(5)2)9-10(13-7)14-12(17)15-11(9)16/h3-4H,1-2H3,(H3,13,14,15,16,17).